The van der Waals surface area contributed by atoms with Crippen LogP contribution in [0, 0.1) is 18.7 Å². The summed E-state index contributed by atoms with van der Waals surface area (Å²) in [5.41, 5.74) is 10.4. The van der Waals surface area contributed by atoms with E-state index >= 15 is 0 Å². The number of hydrogen-bond acceptors (Lipinski definition) is 6. The van der Waals surface area contributed by atoms with Crippen LogP contribution < -0.4 is 15.8 Å². The number of hydrogen-bond donors (Lipinski definition) is 2. The molecule has 0 aliphatic heterocycles. The highest BCUT2D eigenvalue weighted by Gasteiger charge is 2.25. The van der Waals surface area contributed by atoms with Gasteiger partial charge in [-0.05, 0) is 62.4 Å². The first-order valence-corrected chi connectivity index (χ1v) is 11.9. The third-order valence-corrected chi connectivity index (χ3v) is 6.15. The Morgan fingerprint density at radius 3 is 2.83 bits per heavy atom. The van der Waals surface area contributed by atoms with Gasteiger partial charge in [-0.15, -0.1) is 5.10 Å². The van der Waals surface area contributed by atoms with Crippen molar-refractivity contribution in [1.82, 2.24) is 14.6 Å². The lowest BCUT2D eigenvalue weighted by Gasteiger charge is -2.12. The van der Waals surface area contributed by atoms with E-state index in [1.165, 1.54) is 12.1 Å². The van der Waals surface area contributed by atoms with Gasteiger partial charge in [0, 0.05) is 36.2 Å². The van der Waals surface area contributed by atoms with E-state index in [4.69, 9.17) is 10.5 Å². The second-order valence-corrected chi connectivity index (χ2v) is 9.00. The third kappa shape index (κ3) is 5.17. The van der Waals surface area contributed by atoms with Crippen LogP contribution in [-0.2, 0) is 0 Å². The van der Waals surface area contributed by atoms with Crippen molar-refractivity contribution in [2.24, 2.45) is 11.7 Å². The number of ether oxygens (including phenoxy) is 1. The zero-order chi connectivity index (χ0) is 24.4. The molecule has 1 aliphatic carbocycles. The molecule has 4 aromatic rings. The maximum atomic E-state index is 13.7. The molecule has 8 heteroatoms. The Balaban J connectivity index is 1.52. The van der Waals surface area contributed by atoms with Gasteiger partial charge in [-0.1, -0.05) is 18.2 Å². The van der Waals surface area contributed by atoms with Crippen molar-refractivity contribution in [3.8, 4) is 22.9 Å². The highest BCUT2D eigenvalue weighted by Crippen LogP contribution is 2.34. The van der Waals surface area contributed by atoms with E-state index in [0.29, 0.717) is 42.7 Å². The Kier molecular flexibility index (Phi) is 6.46. The predicted octanol–water partition coefficient (Wildman–Crippen LogP) is 5.38. The Bertz CT molecular complexity index is 1380. The lowest BCUT2D eigenvalue weighted by atomic mass is 9.98. The summed E-state index contributed by atoms with van der Waals surface area (Å²) in [5.74, 6) is 1.00. The number of nitrogens with one attached hydrogen (secondary N) is 1. The summed E-state index contributed by atoms with van der Waals surface area (Å²) in [5, 5.41) is 7.99. The standard InChI is InChI=1S/C27H28FN5O2/c1-17-12-19(8-9-22(17)25(34)13-18-6-7-18)24-16-31-27-23(30-11-3-10-29)15-26(32-33(24)27)35-21-5-2-4-20(28)14-21/h2,4-5,8-9,12,14-16,18,30H,3,6-7,10-11,13,29H2,1H3. The number of Topliss-reactive ketones (excluding diaryl/α,β-unsaturated/α-hetero) is 1. The fraction of sp³-hybridized carbons (Fsp3) is 0.296. The molecule has 5 rings (SSSR count). The molecule has 2 aromatic carbocycles. The summed E-state index contributed by atoms with van der Waals surface area (Å²) < 4.78 is 21.3. The van der Waals surface area contributed by atoms with Crippen molar-refractivity contribution in [3.05, 3.63) is 71.7 Å². The van der Waals surface area contributed by atoms with Crippen LogP contribution in [0.1, 0.15) is 41.6 Å². The second kappa shape index (κ2) is 9.84. The van der Waals surface area contributed by atoms with Crippen molar-refractivity contribution in [1.29, 1.82) is 0 Å². The number of carbonyl (C=O) groups excluding carboxylic acids is 1. The Morgan fingerprint density at radius 1 is 1.23 bits per heavy atom. The van der Waals surface area contributed by atoms with Gasteiger partial charge >= 0.3 is 0 Å². The van der Waals surface area contributed by atoms with Gasteiger partial charge in [0.05, 0.1) is 17.6 Å². The second-order valence-electron chi connectivity index (χ2n) is 9.00. The van der Waals surface area contributed by atoms with E-state index in [-0.39, 0.29) is 11.6 Å². The topological polar surface area (TPSA) is 94.5 Å². The summed E-state index contributed by atoms with van der Waals surface area (Å²) >= 11 is 0. The minimum atomic E-state index is -0.389. The Morgan fingerprint density at radius 2 is 2.09 bits per heavy atom. The summed E-state index contributed by atoms with van der Waals surface area (Å²) in [7, 11) is 0. The number of anilines is 1. The SMILES string of the molecule is Cc1cc(-c2cnc3c(NCCCN)cc(Oc4cccc(F)c4)nn23)ccc1C(=O)CC1CC1. The molecule has 0 unspecified atom stereocenters. The normalized spacial score (nSPS) is 13.2. The van der Waals surface area contributed by atoms with Gasteiger partial charge in [-0.3, -0.25) is 4.79 Å². The maximum Gasteiger partial charge on any atom is 0.239 e. The molecule has 2 heterocycles. The first-order valence-electron chi connectivity index (χ1n) is 11.9. The Hall–Kier alpha value is -3.78. The van der Waals surface area contributed by atoms with E-state index in [9.17, 15) is 9.18 Å². The van der Waals surface area contributed by atoms with Crippen LogP contribution in [0.15, 0.2) is 54.7 Å². The van der Waals surface area contributed by atoms with Crippen LogP contribution in [0.5, 0.6) is 11.6 Å². The number of benzene rings is 2. The molecule has 0 radical (unpaired) electrons. The molecule has 1 fully saturated rings. The highest BCUT2D eigenvalue weighted by atomic mass is 19.1. The predicted molar refractivity (Wildman–Crippen MR) is 133 cm³/mol. The quantitative estimate of drug-likeness (QED) is 0.237. The molecule has 0 spiro atoms. The van der Waals surface area contributed by atoms with Crippen LogP contribution in [0.3, 0.4) is 0 Å². The number of nitrogens with two attached hydrogens (primary N) is 1. The maximum absolute atomic E-state index is 13.7. The van der Waals surface area contributed by atoms with Crippen molar-refractivity contribution in [3.63, 3.8) is 0 Å². The smallest absolute Gasteiger partial charge is 0.239 e. The van der Waals surface area contributed by atoms with E-state index in [1.54, 1.807) is 28.9 Å². The largest absolute Gasteiger partial charge is 0.437 e. The van der Waals surface area contributed by atoms with Crippen molar-refractivity contribution in [2.45, 2.75) is 32.6 Å². The number of halogens is 1. The van der Waals surface area contributed by atoms with E-state index in [0.717, 1.165) is 47.3 Å². The Labute approximate surface area is 203 Å². The summed E-state index contributed by atoms with van der Waals surface area (Å²) in [6.45, 7) is 3.18. The lowest BCUT2D eigenvalue weighted by molar-refractivity contribution is 0.0975. The molecule has 3 N–H and O–H groups in total. The molecule has 1 aliphatic rings. The van der Waals surface area contributed by atoms with Gasteiger partial charge in [0.25, 0.3) is 0 Å². The van der Waals surface area contributed by atoms with Gasteiger partial charge in [-0.25, -0.2) is 13.9 Å². The molecule has 1 saturated carbocycles. The van der Waals surface area contributed by atoms with E-state index in [2.05, 4.69) is 15.4 Å². The first kappa shape index (κ1) is 23.0. The van der Waals surface area contributed by atoms with Gasteiger partial charge in [0.2, 0.25) is 5.88 Å². The number of aryl methyl sites for hydroxylation is 1. The number of aromatic nitrogens is 3. The molecule has 0 saturated heterocycles. The third-order valence-electron chi connectivity index (χ3n) is 6.15. The lowest BCUT2D eigenvalue weighted by Crippen LogP contribution is -2.10. The number of rotatable bonds is 10. The molecule has 7 nitrogen and oxygen atoms in total. The summed E-state index contributed by atoms with van der Waals surface area (Å²) in [4.78, 5) is 17.2. The first-order chi connectivity index (χ1) is 17.0. The highest BCUT2D eigenvalue weighted by molar-refractivity contribution is 5.98. The van der Waals surface area contributed by atoms with Gasteiger partial charge < -0.3 is 15.8 Å². The average Bonchev–Trinajstić information content (AvgIpc) is 3.54. The summed E-state index contributed by atoms with van der Waals surface area (Å²) in [6.07, 6.45) is 5.46. The average molecular weight is 474 g/mol. The molecule has 2 aromatic heterocycles. The fourth-order valence-electron chi connectivity index (χ4n) is 4.13. The van der Waals surface area contributed by atoms with E-state index < -0.39 is 0 Å². The van der Waals surface area contributed by atoms with Crippen molar-refractivity contribution >= 4 is 17.1 Å². The minimum absolute atomic E-state index is 0.199. The number of imidazole rings is 1. The minimum Gasteiger partial charge on any atom is -0.437 e. The van der Waals surface area contributed by atoms with Crippen LogP contribution in [0.4, 0.5) is 10.1 Å². The molecule has 0 amide bonds. The molecule has 180 valence electrons. The number of nitrogens with zero attached hydrogens (tertiary/aromatic N) is 3. The summed E-state index contributed by atoms with van der Waals surface area (Å²) in [6, 6.07) is 13.5. The van der Waals surface area contributed by atoms with Crippen LogP contribution >= 0.6 is 0 Å². The van der Waals surface area contributed by atoms with Crippen molar-refractivity contribution in [2.75, 3.05) is 18.4 Å². The monoisotopic (exact) mass is 473 g/mol. The van der Waals surface area contributed by atoms with E-state index in [1.807, 2.05) is 25.1 Å². The van der Waals surface area contributed by atoms with Gasteiger partial charge in [-0.2, -0.15) is 0 Å². The fourth-order valence-corrected chi connectivity index (χ4v) is 4.13. The van der Waals surface area contributed by atoms with Crippen LogP contribution in [-0.4, -0.2) is 33.5 Å². The van der Waals surface area contributed by atoms with Crippen LogP contribution in [0.25, 0.3) is 16.9 Å². The van der Waals surface area contributed by atoms with Crippen molar-refractivity contribution < 1.29 is 13.9 Å². The zero-order valence-corrected chi connectivity index (χ0v) is 19.6. The molecular weight excluding hydrogens is 445 g/mol. The number of fused-ring (bicyclic) bond motifs is 1. The molecule has 35 heavy (non-hydrogen) atoms. The van der Waals surface area contributed by atoms with Crippen LogP contribution in [0.2, 0.25) is 0 Å². The van der Waals surface area contributed by atoms with Gasteiger partial charge in [0.15, 0.2) is 11.4 Å². The molecular formula is C27H28FN5O2. The van der Waals surface area contributed by atoms with Gasteiger partial charge in [0.1, 0.15) is 11.6 Å². The number of ketones is 1. The zero-order valence-electron chi connectivity index (χ0n) is 19.6. The molecule has 0 bridgehead atoms. The number of carbonyl (C=O) groups is 1. The molecule has 0 atom stereocenters.